The van der Waals surface area contributed by atoms with Crippen LogP contribution in [0.5, 0.6) is 0 Å². The zero-order chi connectivity index (χ0) is 25.8. The number of aromatic nitrogens is 1. The summed E-state index contributed by atoms with van der Waals surface area (Å²) in [5.74, 6) is 1.06. The van der Waals surface area contributed by atoms with Crippen molar-refractivity contribution in [2.24, 2.45) is 5.92 Å². The molecule has 0 bridgehead atoms. The van der Waals surface area contributed by atoms with Gasteiger partial charge in [0.2, 0.25) is 15.9 Å². The van der Waals surface area contributed by atoms with Crippen molar-refractivity contribution in [3.63, 3.8) is 0 Å². The first-order chi connectivity index (χ1) is 17.1. The van der Waals surface area contributed by atoms with Crippen LogP contribution in [0.2, 0.25) is 0 Å². The molecule has 0 saturated heterocycles. The van der Waals surface area contributed by atoms with Gasteiger partial charge in [0.1, 0.15) is 6.54 Å². The maximum absolute atomic E-state index is 12.7. The molecule has 36 heavy (non-hydrogen) atoms. The molecular formula is C28H38N3O4S+. The molecule has 0 spiro atoms. The molecule has 7 nitrogen and oxygen atoms in total. The number of likely N-dealkylation sites (N-methyl/N-ethyl adjacent to an activating group) is 1. The number of hydrogen-bond acceptors (Lipinski definition) is 5. The lowest BCUT2D eigenvalue weighted by molar-refractivity contribution is -0.905. The van der Waals surface area contributed by atoms with Crippen molar-refractivity contribution in [2.75, 3.05) is 20.6 Å². The first-order valence-electron chi connectivity index (χ1n) is 12.7. The molecule has 8 heteroatoms. The summed E-state index contributed by atoms with van der Waals surface area (Å²) in [7, 11) is 0.464. The molecule has 1 fully saturated rings. The van der Waals surface area contributed by atoms with Crippen LogP contribution in [0.4, 0.5) is 0 Å². The maximum atomic E-state index is 12.7. The number of quaternary nitrogens is 1. The van der Waals surface area contributed by atoms with E-state index in [0.29, 0.717) is 29.2 Å². The lowest BCUT2D eigenvalue weighted by Crippen LogP contribution is -2.49. The van der Waals surface area contributed by atoms with Crippen LogP contribution >= 0.6 is 0 Å². The second-order valence-electron chi connectivity index (χ2n) is 10.7. The first kappa shape index (κ1) is 26.5. The molecule has 3 aromatic rings. The molecule has 0 radical (unpaired) electrons. The number of aliphatic hydroxyl groups is 1. The predicted octanol–water partition coefficient (Wildman–Crippen LogP) is 4.43. The summed E-state index contributed by atoms with van der Waals surface area (Å²) in [6, 6.07) is 17.8. The highest BCUT2D eigenvalue weighted by atomic mass is 32.2. The number of benzene rings is 2. The van der Waals surface area contributed by atoms with Gasteiger partial charge >= 0.3 is 0 Å². The van der Waals surface area contributed by atoms with E-state index in [0.717, 1.165) is 31.2 Å². The zero-order valence-corrected chi connectivity index (χ0v) is 22.2. The fourth-order valence-electron chi connectivity index (χ4n) is 5.50. The largest absolute Gasteiger partial charge is 0.436 e. The van der Waals surface area contributed by atoms with E-state index in [1.54, 1.807) is 36.5 Å². The number of sulfonamides is 1. The van der Waals surface area contributed by atoms with Crippen LogP contribution in [0.3, 0.4) is 0 Å². The normalized spacial score (nSPS) is 18.0. The van der Waals surface area contributed by atoms with Crippen LogP contribution in [0, 0.1) is 5.92 Å². The summed E-state index contributed by atoms with van der Waals surface area (Å²) >= 11 is 0. The van der Waals surface area contributed by atoms with Crippen molar-refractivity contribution < 1.29 is 22.4 Å². The van der Waals surface area contributed by atoms with Crippen LogP contribution < -0.4 is 4.72 Å². The fourth-order valence-corrected chi connectivity index (χ4v) is 6.76. The summed E-state index contributed by atoms with van der Waals surface area (Å²) in [6.07, 6.45) is 6.94. The number of nitrogens with zero attached hydrogens (tertiary/aromatic N) is 2. The Morgan fingerprint density at radius 1 is 1.06 bits per heavy atom. The second-order valence-corrected chi connectivity index (χ2v) is 12.4. The minimum absolute atomic E-state index is 0.0510. The molecule has 194 valence electrons. The van der Waals surface area contributed by atoms with E-state index in [-0.39, 0.29) is 16.9 Å². The Labute approximate surface area is 214 Å². The van der Waals surface area contributed by atoms with Crippen LogP contribution in [-0.2, 0) is 22.2 Å². The van der Waals surface area contributed by atoms with Crippen molar-refractivity contribution in [3.8, 4) is 0 Å². The zero-order valence-electron chi connectivity index (χ0n) is 21.4. The molecule has 1 unspecified atom stereocenters. The lowest BCUT2D eigenvalue weighted by atomic mass is 9.73. The topological polar surface area (TPSA) is 92.4 Å². The minimum Gasteiger partial charge on any atom is -0.436 e. The van der Waals surface area contributed by atoms with Gasteiger partial charge in [0, 0.05) is 5.92 Å². The Bertz CT molecular complexity index is 1220. The van der Waals surface area contributed by atoms with Crippen LogP contribution in [0.25, 0.3) is 0 Å². The van der Waals surface area contributed by atoms with Crippen molar-refractivity contribution in [2.45, 2.75) is 62.1 Å². The number of hydrogen-bond donors (Lipinski definition) is 2. The molecule has 0 amide bonds. The second kappa shape index (κ2) is 10.8. The Balaban J connectivity index is 1.49. The summed E-state index contributed by atoms with van der Waals surface area (Å²) in [5.41, 5.74) is -0.460. The minimum atomic E-state index is -3.59. The summed E-state index contributed by atoms with van der Waals surface area (Å²) in [5, 5.41) is 12.0. The first-order valence-corrected chi connectivity index (χ1v) is 14.2. The van der Waals surface area contributed by atoms with E-state index in [1.165, 1.54) is 6.42 Å². The van der Waals surface area contributed by atoms with Gasteiger partial charge in [-0.1, -0.05) is 67.8 Å². The quantitative estimate of drug-likeness (QED) is 0.392. The molecule has 2 N–H and O–H groups in total. The third-order valence-electron chi connectivity index (χ3n) is 7.05. The van der Waals surface area contributed by atoms with E-state index >= 15 is 0 Å². The van der Waals surface area contributed by atoms with Crippen molar-refractivity contribution in [1.29, 1.82) is 0 Å². The Hall–Kier alpha value is -2.52. The van der Waals surface area contributed by atoms with Crippen LogP contribution in [0.15, 0.2) is 76.2 Å². The summed E-state index contributed by atoms with van der Waals surface area (Å²) in [6.45, 7) is 2.93. The Morgan fingerprint density at radius 3 is 2.31 bits per heavy atom. The van der Waals surface area contributed by atoms with Gasteiger partial charge in [-0.2, -0.15) is 0 Å². The standard InChI is InChI=1S/C28H38N3O4S/c1-22(30-36(33,34)26-17-11-6-12-18-26)20-31(2,3)21-25-19-29-27(35-25)28(32,23-13-7-4-8-14-23)24-15-9-5-10-16-24/h4,6-8,11-14,17-19,22,24,30,32H,5,9-10,15-16,20-21H2,1-3H3/q+1/t22?,28-/m0/s1. The molecule has 1 aromatic heterocycles. The average Bonchev–Trinajstić information content (AvgIpc) is 3.32. The molecule has 0 aliphatic heterocycles. The summed E-state index contributed by atoms with van der Waals surface area (Å²) < 4.78 is 34.9. The van der Waals surface area contributed by atoms with Gasteiger partial charge in [-0.15, -0.1) is 0 Å². The third-order valence-corrected chi connectivity index (χ3v) is 8.66. The molecule has 1 saturated carbocycles. The van der Waals surface area contributed by atoms with Crippen molar-refractivity contribution in [1.82, 2.24) is 9.71 Å². The summed E-state index contributed by atoms with van der Waals surface area (Å²) in [4.78, 5) is 4.82. The van der Waals surface area contributed by atoms with E-state index in [2.05, 4.69) is 9.71 Å². The molecule has 2 atom stereocenters. The van der Waals surface area contributed by atoms with E-state index in [4.69, 9.17) is 4.42 Å². The van der Waals surface area contributed by atoms with Crippen LogP contribution in [-0.4, -0.2) is 49.7 Å². The van der Waals surface area contributed by atoms with Gasteiger partial charge in [-0.3, -0.25) is 0 Å². The smallest absolute Gasteiger partial charge is 0.241 e. The van der Waals surface area contributed by atoms with Gasteiger partial charge in [0.05, 0.1) is 37.8 Å². The monoisotopic (exact) mass is 512 g/mol. The fraction of sp³-hybridized carbons (Fsp3) is 0.464. The van der Waals surface area contributed by atoms with Crippen LogP contribution in [0.1, 0.15) is 56.2 Å². The number of nitrogens with one attached hydrogen (secondary N) is 1. The van der Waals surface area contributed by atoms with E-state index in [9.17, 15) is 13.5 Å². The lowest BCUT2D eigenvalue weighted by Gasteiger charge is -2.36. The van der Waals surface area contributed by atoms with Crippen molar-refractivity contribution in [3.05, 3.63) is 84.1 Å². The maximum Gasteiger partial charge on any atom is 0.241 e. The molecule has 1 heterocycles. The van der Waals surface area contributed by atoms with E-state index in [1.807, 2.05) is 51.4 Å². The number of oxazole rings is 1. The molecular weight excluding hydrogens is 474 g/mol. The van der Waals surface area contributed by atoms with Gasteiger partial charge < -0.3 is 14.0 Å². The van der Waals surface area contributed by atoms with E-state index < -0.39 is 15.6 Å². The highest BCUT2D eigenvalue weighted by Gasteiger charge is 2.45. The predicted molar refractivity (Wildman–Crippen MR) is 139 cm³/mol. The van der Waals surface area contributed by atoms with Crippen molar-refractivity contribution >= 4 is 10.0 Å². The Kier molecular flexibility index (Phi) is 7.99. The van der Waals surface area contributed by atoms with Gasteiger partial charge in [0.25, 0.3) is 0 Å². The molecule has 1 aliphatic carbocycles. The average molecular weight is 513 g/mol. The third kappa shape index (κ3) is 6.06. The van der Waals surface area contributed by atoms with Gasteiger partial charge in [-0.25, -0.2) is 18.1 Å². The highest BCUT2D eigenvalue weighted by Crippen LogP contribution is 2.43. The molecule has 1 aliphatic rings. The van der Waals surface area contributed by atoms with Gasteiger partial charge in [0.15, 0.2) is 11.4 Å². The molecule has 4 rings (SSSR count). The molecule has 2 aromatic carbocycles. The SMILES string of the molecule is CC(C[N+](C)(C)Cc1cnc([C@](O)(c2ccccc2)C2CCCCC2)o1)NS(=O)(=O)c1ccccc1. The van der Waals surface area contributed by atoms with Gasteiger partial charge in [-0.05, 0) is 37.5 Å². The number of rotatable bonds is 10. The highest BCUT2D eigenvalue weighted by molar-refractivity contribution is 7.89. The Morgan fingerprint density at radius 2 is 1.67 bits per heavy atom.